The first kappa shape index (κ1) is 30.3. The summed E-state index contributed by atoms with van der Waals surface area (Å²) in [4.78, 5) is 30.3. The zero-order valence-electron chi connectivity index (χ0n) is 22.0. The summed E-state index contributed by atoms with van der Waals surface area (Å²) in [5.41, 5.74) is 5.70. The number of Topliss-reactive ketones (excluding diaryl/α,β-unsaturated/α-hetero) is 1. The largest absolute Gasteiger partial charge is 0.455 e. The van der Waals surface area contributed by atoms with Gasteiger partial charge in [0, 0.05) is 30.3 Å². The Balaban J connectivity index is 2.35. The molecule has 0 saturated heterocycles. The van der Waals surface area contributed by atoms with Crippen LogP contribution in [0.25, 0.3) is 6.08 Å². The number of halogens is 1. The molecule has 0 aliphatic carbocycles. The molecule has 2 heterocycles. The normalized spacial score (nSPS) is 31.0. The van der Waals surface area contributed by atoms with Crippen LogP contribution in [-0.4, -0.2) is 45.3 Å². The lowest BCUT2D eigenvalue weighted by Gasteiger charge is -2.35. The van der Waals surface area contributed by atoms with E-state index in [0.29, 0.717) is 17.1 Å². The van der Waals surface area contributed by atoms with Crippen LogP contribution in [0.2, 0.25) is 0 Å². The SMILES string of the molecule is CC[C@H]1C(=O)C(C)(C)[C@@H](O)CC(=O)O[C@H](C(F)=Cc2csc(CN)n2)C/C=C(/C)CCC[C@H](C)[C@@H]1O. The molecule has 0 unspecified atom stereocenters. The molecule has 0 aromatic carbocycles. The van der Waals surface area contributed by atoms with E-state index in [2.05, 4.69) is 4.98 Å². The van der Waals surface area contributed by atoms with E-state index >= 15 is 4.39 Å². The van der Waals surface area contributed by atoms with Crippen molar-refractivity contribution in [3.05, 3.63) is 33.6 Å². The molecule has 0 saturated carbocycles. The lowest BCUT2D eigenvalue weighted by molar-refractivity contribution is -0.155. The number of nitrogens with two attached hydrogens (primary N) is 1. The monoisotopic (exact) mass is 524 g/mol. The second kappa shape index (κ2) is 13.6. The number of esters is 1. The van der Waals surface area contributed by atoms with E-state index in [1.165, 1.54) is 17.4 Å². The Bertz CT molecular complexity index is 958. The van der Waals surface area contributed by atoms with Crippen molar-refractivity contribution in [1.82, 2.24) is 4.98 Å². The van der Waals surface area contributed by atoms with Gasteiger partial charge in [-0.2, -0.15) is 0 Å². The molecule has 4 N–H and O–H groups in total. The molecule has 1 aliphatic rings. The maximum Gasteiger partial charge on any atom is 0.309 e. The second-order valence-electron chi connectivity index (χ2n) is 10.3. The van der Waals surface area contributed by atoms with Crippen molar-refractivity contribution in [2.24, 2.45) is 23.0 Å². The van der Waals surface area contributed by atoms with Gasteiger partial charge < -0.3 is 20.7 Å². The van der Waals surface area contributed by atoms with Crippen LogP contribution in [0, 0.1) is 17.3 Å². The second-order valence-corrected chi connectivity index (χ2v) is 11.3. The van der Waals surface area contributed by atoms with E-state index in [4.69, 9.17) is 10.5 Å². The van der Waals surface area contributed by atoms with Crippen LogP contribution in [0.1, 0.15) is 83.8 Å². The molecule has 202 valence electrons. The molecule has 0 radical (unpaired) electrons. The van der Waals surface area contributed by atoms with Gasteiger partial charge in [0.25, 0.3) is 0 Å². The number of ketones is 1. The smallest absolute Gasteiger partial charge is 0.309 e. The highest BCUT2D eigenvalue weighted by Crippen LogP contribution is 2.34. The highest BCUT2D eigenvalue weighted by Gasteiger charge is 2.43. The molecule has 0 amide bonds. The Morgan fingerprint density at radius 2 is 2.06 bits per heavy atom. The summed E-state index contributed by atoms with van der Waals surface area (Å²) in [6, 6.07) is 0. The van der Waals surface area contributed by atoms with E-state index in [-0.39, 0.29) is 24.7 Å². The lowest BCUT2D eigenvalue weighted by atomic mass is 9.71. The average Bonchev–Trinajstić information content (AvgIpc) is 3.28. The minimum Gasteiger partial charge on any atom is -0.455 e. The number of nitrogens with zero attached hydrogens (tertiary/aromatic N) is 1. The maximum atomic E-state index is 15.2. The fourth-order valence-corrected chi connectivity index (χ4v) is 5.09. The number of thiazole rings is 1. The summed E-state index contributed by atoms with van der Waals surface area (Å²) in [5, 5.41) is 24.1. The van der Waals surface area contributed by atoms with E-state index in [1.54, 1.807) is 19.2 Å². The third kappa shape index (κ3) is 8.03. The summed E-state index contributed by atoms with van der Waals surface area (Å²) in [6.07, 6.45) is 2.04. The molecule has 1 aliphatic heterocycles. The van der Waals surface area contributed by atoms with Crippen molar-refractivity contribution >= 4 is 29.2 Å². The summed E-state index contributed by atoms with van der Waals surface area (Å²) in [6.45, 7) is 9.08. The van der Waals surface area contributed by atoms with Crippen molar-refractivity contribution in [3.63, 3.8) is 0 Å². The van der Waals surface area contributed by atoms with Gasteiger partial charge in [0.15, 0.2) is 6.10 Å². The number of hydrogen-bond acceptors (Lipinski definition) is 8. The van der Waals surface area contributed by atoms with Crippen molar-refractivity contribution in [2.75, 3.05) is 0 Å². The standard InChI is InChI=1S/C27H41FN2O5S/c1-6-19-25(33)17(3)9-7-8-16(2)10-11-21(20(28)12-18-15-36-23(14-29)30-18)35-24(32)13-22(31)27(4,5)26(19)34/h10,12,15,17,19,21-22,25,31,33H,6-9,11,13-14,29H2,1-5H3/b16-10-,20-12?/t17-,19+,21-,22-,25-/m0/s1. The fourth-order valence-electron chi connectivity index (χ4n) is 4.46. The van der Waals surface area contributed by atoms with Crippen LogP contribution in [0.3, 0.4) is 0 Å². The van der Waals surface area contributed by atoms with Gasteiger partial charge in [-0.3, -0.25) is 9.59 Å². The number of hydrogen-bond donors (Lipinski definition) is 3. The molecule has 9 heteroatoms. The van der Waals surface area contributed by atoms with E-state index < -0.39 is 47.9 Å². The number of aliphatic hydroxyl groups excluding tert-OH is 2. The molecular weight excluding hydrogens is 483 g/mol. The molecule has 7 nitrogen and oxygen atoms in total. The van der Waals surface area contributed by atoms with Gasteiger partial charge in [-0.15, -0.1) is 11.3 Å². The Morgan fingerprint density at radius 3 is 2.67 bits per heavy atom. The maximum absolute atomic E-state index is 15.2. The number of aromatic nitrogens is 1. The Kier molecular flexibility index (Phi) is 11.4. The molecule has 5 atom stereocenters. The highest BCUT2D eigenvalue weighted by molar-refractivity contribution is 7.09. The highest BCUT2D eigenvalue weighted by atomic mass is 32.1. The first-order valence-corrected chi connectivity index (χ1v) is 13.6. The fraction of sp³-hybridized carbons (Fsp3) is 0.667. The predicted molar refractivity (Wildman–Crippen MR) is 140 cm³/mol. The van der Waals surface area contributed by atoms with Crippen molar-refractivity contribution in [2.45, 2.75) is 98.0 Å². The van der Waals surface area contributed by atoms with E-state index in [1.807, 2.05) is 26.8 Å². The summed E-state index contributed by atoms with van der Waals surface area (Å²) in [7, 11) is 0. The van der Waals surface area contributed by atoms with Gasteiger partial charge in [-0.1, -0.05) is 39.3 Å². The lowest BCUT2D eigenvalue weighted by Crippen LogP contribution is -2.46. The van der Waals surface area contributed by atoms with Crippen molar-refractivity contribution in [3.8, 4) is 0 Å². The van der Waals surface area contributed by atoms with E-state index in [9.17, 15) is 19.8 Å². The van der Waals surface area contributed by atoms with Gasteiger partial charge in [-0.05, 0) is 38.5 Å². The van der Waals surface area contributed by atoms with Crippen molar-refractivity contribution in [1.29, 1.82) is 0 Å². The molecule has 0 spiro atoms. The third-order valence-corrected chi connectivity index (χ3v) is 8.01. The summed E-state index contributed by atoms with van der Waals surface area (Å²) < 4.78 is 20.7. The summed E-state index contributed by atoms with van der Waals surface area (Å²) in [5.74, 6) is -2.53. The Hall–Kier alpha value is -1.94. The quantitative estimate of drug-likeness (QED) is 0.385. The van der Waals surface area contributed by atoms with Crippen LogP contribution in [0.15, 0.2) is 22.9 Å². The Labute approximate surface area is 217 Å². The number of rotatable bonds is 4. The first-order chi connectivity index (χ1) is 16.9. The van der Waals surface area contributed by atoms with Gasteiger partial charge in [-0.25, -0.2) is 9.37 Å². The number of cyclic esters (lactones) is 1. The van der Waals surface area contributed by atoms with Crippen LogP contribution in [0.5, 0.6) is 0 Å². The van der Waals surface area contributed by atoms with Crippen LogP contribution in [0.4, 0.5) is 4.39 Å². The van der Waals surface area contributed by atoms with Gasteiger partial charge >= 0.3 is 5.97 Å². The van der Waals surface area contributed by atoms with Gasteiger partial charge in [0.2, 0.25) is 0 Å². The van der Waals surface area contributed by atoms with Gasteiger partial charge in [0.1, 0.15) is 16.6 Å². The summed E-state index contributed by atoms with van der Waals surface area (Å²) >= 11 is 1.32. The van der Waals surface area contributed by atoms with Gasteiger partial charge in [0.05, 0.1) is 29.7 Å². The minimum atomic E-state index is -1.35. The molecule has 1 aromatic rings. The molecule has 2 rings (SSSR count). The average molecular weight is 525 g/mol. The van der Waals surface area contributed by atoms with Crippen molar-refractivity contribution < 1.29 is 28.9 Å². The van der Waals surface area contributed by atoms with E-state index in [0.717, 1.165) is 24.8 Å². The zero-order valence-corrected chi connectivity index (χ0v) is 22.8. The Morgan fingerprint density at radius 1 is 1.36 bits per heavy atom. The third-order valence-electron chi connectivity index (χ3n) is 7.12. The molecule has 0 fully saturated rings. The number of ether oxygens (including phenoxy) is 1. The number of carbonyl (C=O) groups is 2. The number of aliphatic hydroxyl groups is 2. The predicted octanol–water partition coefficient (Wildman–Crippen LogP) is 4.71. The minimum absolute atomic E-state index is 0.109. The first-order valence-electron chi connectivity index (χ1n) is 12.7. The molecule has 0 bridgehead atoms. The number of allylic oxidation sites excluding steroid dienone is 1. The molecule has 36 heavy (non-hydrogen) atoms. The van der Waals surface area contributed by atoms with Crippen LogP contribution >= 0.6 is 11.3 Å². The topological polar surface area (TPSA) is 123 Å². The molecule has 1 aromatic heterocycles. The van der Waals surface area contributed by atoms with Crippen LogP contribution in [-0.2, 0) is 20.9 Å². The number of carbonyl (C=O) groups excluding carboxylic acids is 2. The zero-order chi connectivity index (χ0) is 27.0. The van der Waals surface area contributed by atoms with Crippen LogP contribution < -0.4 is 5.73 Å². The molecular formula is C27H41FN2O5S.